The first-order valence-electron chi connectivity index (χ1n) is 6.03. The fraction of sp³-hybridized carbons (Fsp3) is 0.308. The number of carbonyl (C=O) groups is 3. The third-order valence-electron chi connectivity index (χ3n) is 3.62. The van der Waals surface area contributed by atoms with Crippen LogP contribution in [0.1, 0.15) is 22.3 Å². The average Bonchev–Trinajstić information content (AvgIpc) is 3.13. The lowest BCUT2D eigenvalue weighted by Gasteiger charge is -2.19. The molecule has 8 heteroatoms. The Balaban J connectivity index is 2.10. The molecule has 2 unspecified atom stereocenters. The van der Waals surface area contributed by atoms with Crippen molar-refractivity contribution >= 4 is 23.5 Å². The number of amides is 2. The van der Waals surface area contributed by atoms with E-state index in [9.17, 15) is 27.6 Å². The van der Waals surface area contributed by atoms with Gasteiger partial charge in [0.25, 0.3) is 0 Å². The van der Waals surface area contributed by atoms with Crippen molar-refractivity contribution in [2.75, 3.05) is 4.90 Å². The number of hydrogen-bond acceptors (Lipinski definition) is 3. The van der Waals surface area contributed by atoms with Gasteiger partial charge in [0.15, 0.2) is 0 Å². The molecule has 1 aromatic rings. The molecule has 1 aliphatic heterocycles. The number of hydrogen-bond donors (Lipinski definition) is 1. The summed E-state index contributed by atoms with van der Waals surface area (Å²) in [6.45, 7) is 0. The van der Waals surface area contributed by atoms with Crippen LogP contribution in [-0.2, 0) is 15.8 Å². The molecular formula is C13H8F3NO4. The molecule has 2 atom stereocenters. The summed E-state index contributed by atoms with van der Waals surface area (Å²) in [5, 5.41) is 8.88. The van der Waals surface area contributed by atoms with Crippen LogP contribution in [0, 0.1) is 11.8 Å². The molecule has 2 aliphatic rings. The molecule has 0 radical (unpaired) electrons. The molecule has 2 amide bonds. The van der Waals surface area contributed by atoms with Gasteiger partial charge in [0.05, 0.1) is 28.7 Å². The van der Waals surface area contributed by atoms with Gasteiger partial charge in [-0.15, -0.1) is 0 Å². The zero-order chi connectivity index (χ0) is 15.5. The highest BCUT2D eigenvalue weighted by atomic mass is 19.4. The van der Waals surface area contributed by atoms with Crippen LogP contribution in [0.4, 0.5) is 18.9 Å². The third-order valence-corrected chi connectivity index (χ3v) is 3.62. The predicted octanol–water partition coefficient (Wildman–Crippen LogP) is 1.91. The Bertz CT molecular complexity index is 662. The number of nitrogens with zero attached hydrogens (tertiary/aromatic N) is 1. The molecule has 5 nitrogen and oxygen atoms in total. The number of carboxylic acid groups (broad SMARTS) is 1. The number of halogens is 3. The Morgan fingerprint density at radius 1 is 1.14 bits per heavy atom. The maximum Gasteiger partial charge on any atom is 0.416 e. The highest BCUT2D eigenvalue weighted by molar-refractivity contribution is 6.25. The van der Waals surface area contributed by atoms with Gasteiger partial charge in [-0.1, -0.05) is 0 Å². The Hall–Kier alpha value is -2.38. The minimum atomic E-state index is -4.77. The van der Waals surface area contributed by atoms with E-state index in [1.54, 1.807) is 0 Å². The number of carbonyl (C=O) groups excluding carboxylic acids is 2. The van der Waals surface area contributed by atoms with Crippen molar-refractivity contribution in [1.82, 2.24) is 0 Å². The van der Waals surface area contributed by atoms with Crippen molar-refractivity contribution in [2.24, 2.45) is 11.8 Å². The number of aromatic carboxylic acids is 1. The molecule has 3 rings (SSSR count). The molecule has 0 spiro atoms. The second kappa shape index (κ2) is 4.06. The lowest BCUT2D eigenvalue weighted by Crippen LogP contribution is -2.33. The Kier molecular flexibility index (Phi) is 2.63. The molecule has 110 valence electrons. The van der Waals surface area contributed by atoms with Crippen LogP contribution >= 0.6 is 0 Å². The highest BCUT2D eigenvalue weighted by Gasteiger charge is 2.59. The normalized spacial score (nSPS) is 24.2. The molecule has 1 saturated heterocycles. The summed E-state index contributed by atoms with van der Waals surface area (Å²) in [7, 11) is 0. The van der Waals surface area contributed by atoms with Gasteiger partial charge in [0, 0.05) is 0 Å². The van der Waals surface area contributed by atoms with Gasteiger partial charge in [-0.3, -0.25) is 14.5 Å². The standard InChI is InChI=1S/C13H8F3NO4/c14-13(15,16)6-1-5(12(20)21)2-7(3-6)17-10(18)8-4-9(8)11(17)19/h1-3,8-9H,4H2,(H,20,21). The minimum absolute atomic E-state index is 0.343. The number of fused-ring (bicyclic) bond motifs is 1. The van der Waals surface area contributed by atoms with E-state index in [0.29, 0.717) is 23.5 Å². The summed E-state index contributed by atoms with van der Waals surface area (Å²) in [4.78, 5) is 35.3. The van der Waals surface area contributed by atoms with E-state index in [2.05, 4.69) is 0 Å². The highest BCUT2D eigenvalue weighted by Crippen LogP contribution is 2.48. The van der Waals surface area contributed by atoms with Crippen molar-refractivity contribution < 1.29 is 32.7 Å². The average molecular weight is 299 g/mol. The van der Waals surface area contributed by atoms with Crippen LogP contribution < -0.4 is 4.90 Å². The monoisotopic (exact) mass is 299 g/mol. The summed E-state index contributed by atoms with van der Waals surface area (Å²) in [5.74, 6) is -3.64. The van der Waals surface area contributed by atoms with Crippen molar-refractivity contribution in [1.29, 1.82) is 0 Å². The van der Waals surface area contributed by atoms with E-state index in [1.807, 2.05) is 0 Å². The van der Waals surface area contributed by atoms with E-state index >= 15 is 0 Å². The molecule has 0 aromatic heterocycles. The second-order valence-corrected chi connectivity index (χ2v) is 5.03. The van der Waals surface area contributed by atoms with Gasteiger partial charge >= 0.3 is 12.1 Å². The fourth-order valence-electron chi connectivity index (χ4n) is 2.46. The molecule has 21 heavy (non-hydrogen) atoms. The van der Waals surface area contributed by atoms with Crippen molar-refractivity contribution in [3.8, 4) is 0 Å². The number of benzene rings is 1. The Morgan fingerprint density at radius 2 is 1.71 bits per heavy atom. The van der Waals surface area contributed by atoms with Crippen LogP contribution in [0.15, 0.2) is 18.2 Å². The smallest absolute Gasteiger partial charge is 0.416 e. The number of alkyl halides is 3. The summed E-state index contributed by atoms with van der Waals surface area (Å²) < 4.78 is 38.4. The largest absolute Gasteiger partial charge is 0.478 e. The lowest BCUT2D eigenvalue weighted by molar-refractivity contribution is -0.137. The molecule has 1 aromatic carbocycles. The second-order valence-electron chi connectivity index (χ2n) is 5.03. The first-order chi connectivity index (χ1) is 9.70. The van der Waals surface area contributed by atoms with Gasteiger partial charge in [-0.05, 0) is 24.6 Å². The summed E-state index contributed by atoms with van der Waals surface area (Å²) >= 11 is 0. The molecule has 1 saturated carbocycles. The number of rotatable bonds is 2. The van der Waals surface area contributed by atoms with Crippen LogP contribution in [0.5, 0.6) is 0 Å². The summed E-state index contributed by atoms with van der Waals surface area (Å²) in [6.07, 6.45) is -4.35. The maximum absolute atomic E-state index is 12.8. The van der Waals surface area contributed by atoms with Gasteiger partial charge in [0.1, 0.15) is 0 Å². The molecule has 1 aliphatic carbocycles. The van der Waals surface area contributed by atoms with E-state index in [1.165, 1.54) is 0 Å². The van der Waals surface area contributed by atoms with Crippen LogP contribution in [0.2, 0.25) is 0 Å². The van der Waals surface area contributed by atoms with E-state index in [-0.39, 0.29) is 5.69 Å². The minimum Gasteiger partial charge on any atom is -0.478 e. The Labute approximate surface area is 116 Å². The quantitative estimate of drug-likeness (QED) is 0.847. The maximum atomic E-state index is 12.8. The van der Waals surface area contributed by atoms with Crippen LogP contribution in [0.3, 0.4) is 0 Å². The van der Waals surface area contributed by atoms with E-state index < -0.39 is 46.9 Å². The Morgan fingerprint density at radius 3 is 2.19 bits per heavy atom. The van der Waals surface area contributed by atoms with Crippen molar-refractivity contribution in [3.63, 3.8) is 0 Å². The molecular weight excluding hydrogens is 291 g/mol. The predicted molar refractivity (Wildman–Crippen MR) is 62.5 cm³/mol. The summed E-state index contributed by atoms with van der Waals surface area (Å²) in [6, 6.07) is 1.99. The zero-order valence-corrected chi connectivity index (χ0v) is 10.3. The lowest BCUT2D eigenvalue weighted by atomic mass is 10.1. The fourth-order valence-corrected chi connectivity index (χ4v) is 2.46. The van der Waals surface area contributed by atoms with Gasteiger partial charge in [0.2, 0.25) is 11.8 Å². The molecule has 1 N–H and O–H groups in total. The molecule has 1 heterocycles. The van der Waals surface area contributed by atoms with E-state index in [0.717, 1.165) is 6.07 Å². The first kappa shape index (κ1) is 13.6. The van der Waals surface area contributed by atoms with Gasteiger partial charge in [-0.25, -0.2) is 4.79 Å². The number of imide groups is 1. The molecule has 2 fully saturated rings. The van der Waals surface area contributed by atoms with Crippen molar-refractivity contribution in [3.05, 3.63) is 29.3 Å². The first-order valence-corrected chi connectivity index (χ1v) is 6.03. The van der Waals surface area contributed by atoms with Crippen LogP contribution in [0.25, 0.3) is 0 Å². The number of anilines is 1. The molecule has 0 bridgehead atoms. The van der Waals surface area contributed by atoms with Gasteiger partial charge < -0.3 is 5.11 Å². The van der Waals surface area contributed by atoms with Crippen molar-refractivity contribution in [2.45, 2.75) is 12.6 Å². The third kappa shape index (κ3) is 2.07. The summed E-state index contributed by atoms with van der Waals surface area (Å²) in [5.41, 5.74) is -2.18. The van der Waals surface area contributed by atoms with E-state index in [4.69, 9.17) is 5.11 Å². The number of piperidine rings is 1. The van der Waals surface area contributed by atoms with Crippen LogP contribution in [-0.4, -0.2) is 22.9 Å². The topological polar surface area (TPSA) is 74.7 Å². The SMILES string of the molecule is O=C(O)c1cc(N2C(=O)C3CC3C2=O)cc(C(F)(F)F)c1. The number of carboxylic acids is 1. The zero-order valence-electron chi connectivity index (χ0n) is 10.3. The van der Waals surface area contributed by atoms with Gasteiger partial charge in [-0.2, -0.15) is 13.2 Å².